The zero-order valence-corrected chi connectivity index (χ0v) is 18.0. The highest BCUT2D eigenvalue weighted by Gasteiger charge is 2.38. The summed E-state index contributed by atoms with van der Waals surface area (Å²) in [6, 6.07) is 10.3. The number of hydrogen-bond donors (Lipinski definition) is 1. The number of alkyl halides is 2. The van der Waals surface area contributed by atoms with Crippen LogP contribution in [0.4, 0.5) is 13.2 Å². The number of ether oxygens (including phenoxy) is 1. The van der Waals surface area contributed by atoms with Gasteiger partial charge in [0.2, 0.25) is 5.91 Å². The quantitative estimate of drug-likeness (QED) is 0.750. The molecule has 0 spiro atoms. The van der Waals surface area contributed by atoms with Gasteiger partial charge in [-0.05, 0) is 36.5 Å². The van der Waals surface area contributed by atoms with E-state index >= 15 is 0 Å². The molecule has 0 radical (unpaired) electrons. The lowest BCUT2D eigenvalue weighted by Crippen LogP contribution is -2.58. The van der Waals surface area contributed by atoms with E-state index in [0.717, 1.165) is 5.56 Å². The number of nitrogens with one attached hydrogen (secondary N) is 1. The lowest BCUT2D eigenvalue weighted by Gasteiger charge is -2.42. The molecule has 1 unspecified atom stereocenters. The SMILES string of the molecule is O=C1CCOc2c(F)cccc2-c2cccc(c2)CC2[C@@H](NS(=O)(=O)C(F)F)CCCN12. The highest BCUT2D eigenvalue weighted by Crippen LogP contribution is 2.34. The molecule has 0 aromatic heterocycles. The van der Waals surface area contributed by atoms with Crippen LogP contribution in [-0.2, 0) is 21.2 Å². The second-order valence-corrected chi connectivity index (χ2v) is 9.63. The number of carbonyl (C=O) groups is 1. The van der Waals surface area contributed by atoms with Crippen molar-refractivity contribution in [1.29, 1.82) is 0 Å². The van der Waals surface area contributed by atoms with Gasteiger partial charge in [0.15, 0.2) is 11.6 Å². The van der Waals surface area contributed by atoms with Gasteiger partial charge in [0.05, 0.1) is 19.1 Å². The van der Waals surface area contributed by atoms with E-state index in [4.69, 9.17) is 4.74 Å². The van der Waals surface area contributed by atoms with E-state index < -0.39 is 33.7 Å². The number of piperidine rings is 1. The van der Waals surface area contributed by atoms with Gasteiger partial charge in [0.25, 0.3) is 10.0 Å². The number of fused-ring (bicyclic) bond motifs is 5. The molecule has 2 aliphatic rings. The lowest BCUT2D eigenvalue weighted by molar-refractivity contribution is -0.136. The van der Waals surface area contributed by atoms with Gasteiger partial charge in [-0.2, -0.15) is 8.78 Å². The molecule has 2 heterocycles. The molecule has 1 saturated heterocycles. The number of para-hydroxylation sites is 1. The molecule has 32 heavy (non-hydrogen) atoms. The number of sulfonamides is 1. The van der Waals surface area contributed by atoms with Crippen molar-refractivity contribution in [2.24, 2.45) is 0 Å². The molecule has 1 fully saturated rings. The second-order valence-electron chi connectivity index (χ2n) is 7.95. The number of rotatable bonds is 3. The molecule has 1 amide bonds. The van der Waals surface area contributed by atoms with Crippen LogP contribution in [0, 0.1) is 5.82 Å². The Morgan fingerprint density at radius 3 is 2.72 bits per heavy atom. The Hall–Kier alpha value is -2.59. The Labute approximate surface area is 184 Å². The van der Waals surface area contributed by atoms with E-state index in [1.165, 1.54) is 11.0 Å². The number of benzene rings is 2. The van der Waals surface area contributed by atoms with E-state index in [0.29, 0.717) is 30.5 Å². The molecule has 2 aromatic carbocycles. The zero-order chi connectivity index (χ0) is 22.9. The molecule has 4 rings (SSSR count). The highest BCUT2D eigenvalue weighted by atomic mass is 32.2. The molecule has 1 N–H and O–H groups in total. The predicted octanol–water partition coefficient (Wildman–Crippen LogP) is 3.32. The summed E-state index contributed by atoms with van der Waals surface area (Å²) in [5.41, 5.74) is 2.01. The number of carbonyl (C=O) groups excluding carboxylic acids is 1. The molecule has 2 aliphatic heterocycles. The van der Waals surface area contributed by atoms with Gasteiger partial charge < -0.3 is 9.64 Å². The summed E-state index contributed by atoms with van der Waals surface area (Å²) in [6.45, 7) is 0.310. The number of nitrogens with zero attached hydrogens (tertiary/aromatic N) is 1. The van der Waals surface area contributed by atoms with Gasteiger partial charge in [0, 0.05) is 18.2 Å². The fourth-order valence-electron chi connectivity index (χ4n) is 4.39. The van der Waals surface area contributed by atoms with Crippen LogP contribution in [0.25, 0.3) is 11.1 Å². The third-order valence-corrected chi connectivity index (χ3v) is 6.96. The molecular formula is C22H23F3N2O4S. The monoisotopic (exact) mass is 468 g/mol. The summed E-state index contributed by atoms with van der Waals surface area (Å²) in [6.07, 6.45) is 1.02. The number of amides is 1. The second kappa shape index (κ2) is 9.11. The molecule has 2 aromatic rings. The molecule has 2 bridgehead atoms. The van der Waals surface area contributed by atoms with Gasteiger partial charge in [-0.15, -0.1) is 0 Å². The third kappa shape index (κ3) is 4.61. The van der Waals surface area contributed by atoms with E-state index in [9.17, 15) is 26.4 Å². The standard InChI is InChI=1S/C22H23F3N2O4S/c23-17-7-2-6-16-15-5-1-4-14(12-15)13-19-18(26-32(29,30)22(24)25)8-3-10-27(19)20(28)9-11-31-21(16)17/h1-2,4-7,12,18-19,22,26H,3,8-11,13H2/t18-,19?/m0/s1. The zero-order valence-electron chi connectivity index (χ0n) is 17.1. The maximum absolute atomic E-state index is 14.5. The maximum atomic E-state index is 14.5. The maximum Gasteiger partial charge on any atom is 0.350 e. The van der Waals surface area contributed by atoms with E-state index in [1.807, 2.05) is 12.1 Å². The van der Waals surface area contributed by atoms with Gasteiger partial charge in [-0.3, -0.25) is 4.79 Å². The first-order valence-electron chi connectivity index (χ1n) is 10.4. The first-order valence-corrected chi connectivity index (χ1v) is 11.9. The molecular weight excluding hydrogens is 445 g/mol. The van der Waals surface area contributed by atoms with Gasteiger partial charge >= 0.3 is 5.76 Å². The van der Waals surface area contributed by atoms with Crippen molar-refractivity contribution in [2.45, 2.75) is 43.5 Å². The molecule has 2 atom stereocenters. The highest BCUT2D eigenvalue weighted by molar-refractivity contribution is 7.89. The summed E-state index contributed by atoms with van der Waals surface area (Å²) in [5.74, 6) is -4.32. The Balaban J connectivity index is 1.75. The summed E-state index contributed by atoms with van der Waals surface area (Å²) in [4.78, 5) is 14.5. The fraction of sp³-hybridized carbons (Fsp3) is 0.409. The minimum Gasteiger partial charge on any atom is -0.489 e. The van der Waals surface area contributed by atoms with E-state index in [-0.39, 0.29) is 31.1 Å². The molecule has 10 heteroatoms. The van der Waals surface area contributed by atoms with Crippen LogP contribution in [0.15, 0.2) is 42.5 Å². The van der Waals surface area contributed by atoms with Crippen LogP contribution in [0.3, 0.4) is 0 Å². The number of halogens is 3. The minimum absolute atomic E-state index is 0.0491. The minimum atomic E-state index is -4.82. The first kappa shape index (κ1) is 22.6. The average Bonchev–Trinajstić information content (AvgIpc) is 2.75. The molecule has 0 aliphatic carbocycles. The normalized spacial score (nSPS) is 21.8. The van der Waals surface area contributed by atoms with Crippen molar-refractivity contribution < 1.29 is 31.1 Å². The fourth-order valence-corrected chi connectivity index (χ4v) is 5.19. The van der Waals surface area contributed by atoms with Gasteiger partial charge in [0.1, 0.15) is 0 Å². The van der Waals surface area contributed by atoms with Crippen molar-refractivity contribution in [2.75, 3.05) is 13.2 Å². The predicted molar refractivity (Wildman–Crippen MR) is 112 cm³/mol. The largest absolute Gasteiger partial charge is 0.489 e. The Bertz CT molecular complexity index is 1110. The topological polar surface area (TPSA) is 75.7 Å². The first-order chi connectivity index (χ1) is 15.3. The average molecular weight is 468 g/mol. The van der Waals surface area contributed by atoms with E-state index in [2.05, 4.69) is 4.72 Å². The van der Waals surface area contributed by atoms with Crippen LogP contribution in [0.2, 0.25) is 0 Å². The van der Waals surface area contributed by atoms with Crippen LogP contribution in [-0.4, -0.2) is 50.2 Å². The van der Waals surface area contributed by atoms with Crippen molar-refractivity contribution in [3.63, 3.8) is 0 Å². The van der Waals surface area contributed by atoms with Crippen LogP contribution in [0.1, 0.15) is 24.8 Å². The molecule has 6 nitrogen and oxygen atoms in total. The Morgan fingerprint density at radius 1 is 1.16 bits per heavy atom. The summed E-state index contributed by atoms with van der Waals surface area (Å²) >= 11 is 0. The lowest BCUT2D eigenvalue weighted by atomic mass is 9.90. The van der Waals surface area contributed by atoms with Gasteiger partial charge in [-0.25, -0.2) is 17.5 Å². The van der Waals surface area contributed by atoms with Crippen molar-refractivity contribution in [3.8, 4) is 16.9 Å². The van der Waals surface area contributed by atoms with Crippen molar-refractivity contribution in [1.82, 2.24) is 9.62 Å². The smallest absolute Gasteiger partial charge is 0.350 e. The summed E-state index contributed by atoms with van der Waals surface area (Å²) in [5, 5.41) is 0. The Morgan fingerprint density at radius 2 is 1.94 bits per heavy atom. The summed E-state index contributed by atoms with van der Waals surface area (Å²) < 4.78 is 71.9. The van der Waals surface area contributed by atoms with Crippen LogP contribution in [0.5, 0.6) is 5.75 Å². The van der Waals surface area contributed by atoms with Crippen molar-refractivity contribution in [3.05, 3.63) is 53.8 Å². The van der Waals surface area contributed by atoms with E-state index in [1.54, 1.807) is 24.3 Å². The molecule has 0 saturated carbocycles. The van der Waals surface area contributed by atoms with Crippen LogP contribution >= 0.6 is 0 Å². The summed E-state index contributed by atoms with van der Waals surface area (Å²) in [7, 11) is -4.82. The number of hydrogen-bond acceptors (Lipinski definition) is 4. The van der Waals surface area contributed by atoms with Crippen LogP contribution < -0.4 is 9.46 Å². The van der Waals surface area contributed by atoms with Crippen molar-refractivity contribution >= 4 is 15.9 Å². The molecule has 172 valence electrons. The third-order valence-electron chi connectivity index (χ3n) is 5.86. The van der Waals surface area contributed by atoms with Gasteiger partial charge in [-0.1, -0.05) is 36.4 Å². The Kier molecular flexibility index (Phi) is 6.43.